The molecule has 0 saturated carbocycles. The smallest absolute Gasteiger partial charge is 0.161 e. The molecule has 1 aromatic carbocycles. The molecule has 0 bridgehead atoms. The normalized spacial score (nSPS) is 18.4. The van der Waals surface area contributed by atoms with Crippen molar-refractivity contribution in [2.45, 2.75) is 19.4 Å². The molecule has 0 aromatic heterocycles. The molecular formula is C11H12ClFN2S. The summed E-state index contributed by atoms with van der Waals surface area (Å²) in [5, 5.41) is 4.33. The summed E-state index contributed by atoms with van der Waals surface area (Å²) in [7, 11) is 0. The fourth-order valence-electron chi connectivity index (χ4n) is 1.36. The molecule has 0 fully saturated rings. The van der Waals surface area contributed by atoms with E-state index >= 15 is 0 Å². The molecule has 2 rings (SSSR count). The Labute approximate surface area is 103 Å². The van der Waals surface area contributed by atoms with E-state index < -0.39 is 0 Å². The van der Waals surface area contributed by atoms with Crippen LogP contribution in [0, 0.1) is 5.82 Å². The highest BCUT2D eigenvalue weighted by Gasteiger charge is 2.25. The van der Waals surface area contributed by atoms with E-state index in [0.29, 0.717) is 10.7 Å². The van der Waals surface area contributed by atoms with Crippen molar-refractivity contribution in [3.8, 4) is 0 Å². The van der Waals surface area contributed by atoms with Crippen LogP contribution in [-0.4, -0.2) is 16.5 Å². The van der Waals surface area contributed by atoms with Gasteiger partial charge >= 0.3 is 0 Å². The monoisotopic (exact) mass is 258 g/mol. The number of hydrogen-bond acceptors (Lipinski definition) is 3. The summed E-state index contributed by atoms with van der Waals surface area (Å²) in [6, 6.07) is 4.24. The summed E-state index contributed by atoms with van der Waals surface area (Å²) in [6.45, 7) is 4.11. The molecule has 86 valence electrons. The third-order valence-corrected chi connectivity index (χ3v) is 3.78. The number of aliphatic imine (C=N–C) groups is 1. The molecule has 0 spiro atoms. The molecule has 0 atom stereocenters. The topological polar surface area (TPSA) is 24.4 Å². The van der Waals surface area contributed by atoms with Gasteiger partial charge in [0, 0.05) is 5.75 Å². The van der Waals surface area contributed by atoms with Gasteiger partial charge in [0.25, 0.3) is 0 Å². The SMILES string of the molecule is CC1(C)CSC(Nc2cc(F)ccc2Cl)=N1. The van der Waals surface area contributed by atoms with Crippen LogP contribution >= 0.6 is 23.4 Å². The van der Waals surface area contributed by atoms with Crippen molar-refractivity contribution >= 4 is 34.2 Å². The zero-order valence-electron chi connectivity index (χ0n) is 9.05. The predicted molar refractivity (Wildman–Crippen MR) is 69.0 cm³/mol. The Bertz CT molecular complexity index is 446. The van der Waals surface area contributed by atoms with Gasteiger partial charge in [-0.15, -0.1) is 0 Å². The molecule has 0 unspecified atom stereocenters. The Morgan fingerprint density at radius 3 is 2.88 bits per heavy atom. The second-order valence-corrected chi connectivity index (χ2v) is 5.64. The Morgan fingerprint density at radius 1 is 1.50 bits per heavy atom. The molecule has 1 aliphatic heterocycles. The van der Waals surface area contributed by atoms with Crippen molar-refractivity contribution in [1.29, 1.82) is 0 Å². The first-order valence-electron chi connectivity index (χ1n) is 4.91. The summed E-state index contributed by atoms with van der Waals surface area (Å²) in [5.41, 5.74) is 0.498. The third kappa shape index (κ3) is 2.68. The van der Waals surface area contributed by atoms with Gasteiger partial charge in [0.1, 0.15) is 5.82 Å². The van der Waals surface area contributed by atoms with Gasteiger partial charge in [0.05, 0.1) is 16.2 Å². The van der Waals surface area contributed by atoms with Crippen molar-refractivity contribution in [3.63, 3.8) is 0 Å². The van der Waals surface area contributed by atoms with Gasteiger partial charge in [-0.05, 0) is 32.0 Å². The highest BCUT2D eigenvalue weighted by atomic mass is 35.5. The molecule has 1 heterocycles. The lowest BCUT2D eigenvalue weighted by molar-refractivity contribution is 0.605. The van der Waals surface area contributed by atoms with Gasteiger partial charge in [-0.2, -0.15) is 0 Å². The van der Waals surface area contributed by atoms with Gasteiger partial charge in [-0.25, -0.2) is 4.39 Å². The maximum absolute atomic E-state index is 13.0. The van der Waals surface area contributed by atoms with Gasteiger partial charge in [-0.1, -0.05) is 23.4 Å². The van der Waals surface area contributed by atoms with Gasteiger partial charge in [0.15, 0.2) is 5.17 Å². The maximum atomic E-state index is 13.0. The Hall–Kier alpha value is -0.740. The van der Waals surface area contributed by atoms with Gasteiger partial charge < -0.3 is 5.32 Å². The van der Waals surface area contributed by atoms with Crippen LogP contribution in [0.25, 0.3) is 0 Å². The molecule has 5 heteroatoms. The van der Waals surface area contributed by atoms with Crippen LogP contribution in [0.5, 0.6) is 0 Å². The average Bonchev–Trinajstić information content (AvgIpc) is 2.52. The van der Waals surface area contributed by atoms with E-state index in [1.165, 1.54) is 18.2 Å². The number of halogens is 2. The lowest BCUT2D eigenvalue weighted by Crippen LogP contribution is -2.15. The molecule has 1 aliphatic rings. The van der Waals surface area contributed by atoms with Crippen LogP contribution < -0.4 is 5.32 Å². The minimum Gasteiger partial charge on any atom is -0.334 e. The van der Waals surface area contributed by atoms with E-state index in [-0.39, 0.29) is 11.4 Å². The van der Waals surface area contributed by atoms with Crippen molar-refractivity contribution in [2.24, 2.45) is 4.99 Å². The molecule has 2 nitrogen and oxygen atoms in total. The fourth-order valence-corrected chi connectivity index (χ4v) is 2.57. The molecule has 1 N–H and O–H groups in total. The minimum atomic E-state index is -0.310. The highest BCUT2D eigenvalue weighted by molar-refractivity contribution is 8.14. The van der Waals surface area contributed by atoms with Crippen LogP contribution in [-0.2, 0) is 0 Å². The van der Waals surface area contributed by atoms with E-state index in [1.54, 1.807) is 11.8 Å². The van der Waals surface area contributed by atoms with E-state index in [0.717, 1.165) is 10.9 Å². The van der Waals surface area contributed by atoms with E-state index in [1.807, 2.05) is 0 Å². The van der Waals surface area contributed by atoms with Crippen LogP contribution in [0.2, 0.25) is 5.02 Å². The van der Waals surface area contributed by atoms with Gasteiger partial charge in [0.2, 0.25) is 0 Å². The minimum absolute atomic E-state index is 0.0627. The first kappa shape index (κ1) is 11.7. The third-order valence-electron chi connectivity index (χ3n) is 2.14. The van der Waals surface area contributed by atoms with E-state index in [2.05, 4.69) is 24.2 Å². The van der Waals surface area contributed by atoms with Crippen LogP contribution in [0.1, 0.15) is 13.8 Å². The summed E-state index contributed by atoms with van der Waals surface area (Å²) in [5.74, 6) is 0.609. The standard InChI is InChI=1S/C11H12ClFN2S/c1-11(2)6-16-10(15-11)14-9-5-7(13)3-4-8(9)12/h3-5H,6H2,1-2H3,(H,14,15). The van der Waals surface area contributed by atoms with Gasteiger partial charge in [-0.3, -0.25) is 4.99 Å². The molecule has 0 radical (unpaired) electrons. The second-order valence-electron chi connectivity index (χ2n) is 4.27. The Kier molecular flexibility index (Phi) is 3.13. The zero-order valence-corrected chi connectivity index (χ0v) is 10.6. The summed E-state index contributed by atoms with van der Waals surface area (Å²) >= 11 is 7.57. The van der Waals surface area contributed by atoms with Crippen molar-refractivity contribution in [2.75, 3.05) is 11.1 Å². The highest BCUT2D eigenvalue weighted by Crippen LogP contribution is 2.30. The number of nitrogens with one attached hydrogen (secondary N) is 1. The first-order valence-corrected chi connectivity index (χ1v) is 6.27. The number of anilines is 1. The summed E-state index contributed by atoms with van der Waals surface area (Å²) in [4.78, 5) is 4.47. The average molecular weight is 259 g/mol. The largest absolute Gasteiger partial charge is 0.334 e. The maximum Gasteiger partial charge on any atom is 0.161 e. The molecular weight excluding hydrogens is 247 g/mol. The summed E-state index contributed by atoms with van der Waals surface area (Å²) in [6.07, 6.45) is 0. The lowest BCUT2D eigenvalue weighted by Gasteiger charge is -2.09. The molecule has 0 saturated heterocycles. The van der Waals surface area contributed by atoms with Crippen molar-refractivity contribution < 1.29 is 4.39 Å². The molecule has 16 heavy (non-hydrogen) atoms. The van der Waals surface area contributed by atoms with Crippen LogP contribution in [0.15, 0.2) is 23.2 Å². The molecule has 1 aromatic rings. The number of nitrogens with zero attached hydrogens (tertiary/aromatic N) is 1. The number of amidine groups is 1. The van der Waals surface area contributed by atoms with E-state index in [9.17, 15) is 4.39 Å². The number of rotatable bonds is 1. The quantitative estimate of drug-likeness (QED) is 0.829. The van der Waals surface area contributed by atoms with Crippen LogP contribution in [0.3, 0.4) is 0 Å². The second kappa shape index (κ2) is 4.26. The molecule has 0 aliphatic carbocycles. The molecule has 0 amide bonds. The number of benzene rings is 1. The van der Waals surface area contributed by atoms with Crippen molar-refractivity contribution in [1.82, 2.24) is 0 Å². The summed E-state index contributed by atoms with van der Waals surface area (Å²) < 4.78 is 13.0. The lowest BCUT2D eigenvalue weighted by atomic mass is 10.1. The first-order chi connectivity index (χ1) is 7.46. The van der Waals surface area contributed by atoms with Crippen LogP contribution in [0.4, 0.5) is 10.1 Å². The Morgan fingerprint density at radius 2 is 2.25 bits per heavy atom. The van der Waals surface area contributed by atoms with E-state index in [4.69, 9.17) is 11.6 Å². The number of hydrogen-bond donors (Lipinski definition) is 1. The predicted octanol–water partition coefficient (Wildman–Crippen LogP) is 3.77. The Balaban J connectivity index is 2.19. The fraction of sp³-hybridized carbons (Fsp3) is 0.364. The number of thioether (sulfide) groups is 1. The van der Waals surface area contributed by atoms with Crippen molar-refractivity contribution in [3.05, 3.63) is 29.0 Å². The zero-order chi connectivity index (χ0) is 11.8.